The lowest BCUT2D eigenvalue weighted by molar-refractivity contribution is -0.166. The van der Waals surface area contributed by atoms with E-state index in [1.165, 1.54) is 89.9 Å². The van der Waals surface area contributed by atoms with Crippen molar-refractivity contribution in [3.8, 4) is 0 Å². The molecular formula is C57H94O6. The van der Waals surface area contributed by atoms with Crippen molar-refractivity contribution in [2.24, 2.45) is 0 Å². The number of carbonyl (C=O) groups excluding carboxylic acids is 3. The van der Waals surface area contributed by atoms with Crippen molar-refractivity contribution in [2.45, 2.75) is 232 Å². The first kappa shape index (κ1) is 59.3. The summed E-state index contributed by atoms with van der Waals surface area (Å²) in [6.45, 7) is 6.37. The van der Waals surface area contributed by atoms with Crippen molar-refractivity contribution in [3.63, 3.8) is 0 Å². The van der Waals surface area contributed by atoms with Crippen molar-refractivity contribution >= 4 is 17.9 Å². The minimum atomic E-state index is -0.838. The Kier molecular flexibility index (Phi) is 48.0. The van der Waals surface area contributed by atoms with Gasteiger partial charge in [-0.15, -0.1) is 0 Å². The summed E-state index contributed by atoms with van der Waals surface area (Å²) in [4.78, 5) is 37.9. The fourth-order valence-corrected chi connectivity index (χ4v) is 6.72. The molecule has 0 fully saturated rings. The first-order valence-corrected chi connectivity index (χ1v) is 25.7. The Bertz CT molecular complexity index is 1280. The van der Waals surface area contributed by atoms with Gasteiger partial charge in [-0.25, -0.2) is 0 Å². The third-order valence-electron chi connectivity index (χ3n) is 10.6. The van der Waals surface area contributed by atoms with Gasteiger partial charge in [0.25, 0.3) is 0 Å². The molecule has 6 heteroatoms. The quantitative estimate of drug-likeness (QED) is 0.0262. The van der Waals surface area contributed by atoms with E-state index in [9.17, 15) is 14.4 Å². The fourth-order valence-electron chi connectivity index (χ4n) is 6.72. The molecule has 0 amide bonds. The summed E-state index contributed by atoms with van der Waals surface area (Å²) >= 11 is 0. The third kappa shape index (κ3) is 49.2. The standard InChI is InChI=1S/C57H94O6/c1-4-7-10-13-16-19-22-25-27-28-29-31-32-35-38-41-44-47-50-56(59)62-53-54(52-61-55(58)49-46-43-40-37-34-24-21-18-15-12-9-6-3)63-57(60)51-48-45-42-39-36-33-30-26-23-20-17-14-11-8-5-2/h8,11,17-22,26-28,30,36,39,45,48,54H,4-7,9-10,12-16,23-25,29,31-35,37-38,40-44,46-47,49-53H2,1-3H3/b11-8-,20-17-,21-18-,22-19-,28-27-,30-26-,39-36-,48-45-. The normalized spacial score (nSPS) is 12.9. The van der Waals surface area contributed by atoms with Crippen LogP contribution in [0, 0.1) is 0 Å². The van der Waals surface area contributed by atoms with Crippen molar-refractivity contribution in [2.75, 3.05) is 13.2 Å². The number of carbonyl (C=O) groups is 3. The second-order valence-corrected chi connectivity index (χ2v) is 16.7. The molecule has 0 spiro atoms. The van der Waals surface area contributed by atoms with Gasteiger partial charge in [-0.3, -0.25) is 14.4 Å². The van der Waals surface area contributed by atoms with Crippen molar-refractivity contribution in [1.29, 1.82) is 0 Å². The number of rotatable bonds is 45. The molecule has 0 N–H and O–H groups in total. The molecule has 0 aromatic carbocycles. The summed E-state index contributed by atoms with van der Waals surface area (Å²) < 4.78 is 16.7. The maximum Gasteiger partial charge on any atom is 0.310 e. The average Bonchev–Trinajstić information content (AvgIpc) is 3.28. The largest absolute Gasteiger partial charge is 0.462 e. The summed E-state index contributed by atoms with van der Waals surface area (Å²) in [5.74, 6) is -1.07. The Labute approximate surface area is 387 Å². The van der Waals surface area contributed by atoms with Gasteiger partial charge in [0.05, 0.1) is 6.42 Å². The molecule has 0 aromatic rings. The number of allylic oxidation sites excluding steroid dienone is 15. The lowest BCUT2D eigenvalue weighted by atomic mass is 10.1. The maximum absolute atomic E-state index is 12.7. The van der Waals surface area contributed by atoms with Crippen molar-refractivity contribution in [3.05, 3.63) is 97.2 Å². The van der Waals surface area contributed by atoms with Crippen LogP contribution < -0.4 is 0 Å². The van der Waals surface area contributed by atoms with Crippen molar-refractivity contribution in [1.82, 2.24) is 0 Å². The monoisotopic (exact) mass is 875 g/mol. The Morgan fingerprint density at radius 2 is 0.667 bits per heavy atom. The molecular weight excluding hydrogens is 781 g/mol. The van der Waals surface area contributed by atoms with E-state index in [0.29, 0.717) is 12.8 Å². The zero-order valence-corrected chi connectivity index (χ0v) is 40.8. The predicted octanol–water partition coefficient (Wildman–Crippen LogP) is 17.0. The van der Waals surface area contributed by atoms with E-state index in [0.717, 1.165) is 96.3 Å². The first-order valence-electron chi connectivity index (χ1n) is 25.7. The minimum Gasteiger partial charge on any atom is -0.462 e. The van der Waals surface area contributed by atoms with Gasteiger partial charge in [0, 0.05) is 12.8 Å². The van der Waals surface area contributed by atoms with Gasteiger partial charge in [0.2, 0.25) is 0 Å². The molecule has 0 heterocycles. The van der Waals surface area contributed by atoms with E-state index in [-0.39, 0.29) is 31.6 Å². The summed E-state index contributed by atoms with van der Waals surface area (Å²) in [7, 11) is 0. The van der Waals surface area contributed by atoms with Gasteiger partial charge in [-0.05, 0) is 103 Å². The van der Waals surface area contributed by atoms with E-state index in [4.69, 9.17) is 14.2 Å². The van der Waals surface area contributed by atoms with E-state index in [1.54, 1.807) is 6.08 Å². The number of esters is 3. The highest BCUT2D eigenvalue weighted by Crippen LogP contribution is 2.13. The molecule has 0 aliphatic heterocycles. The average molecular weight is 875 g/mol. The van der Waals surface area contributed by atoms with Crippen LogP contribution in [0.4, 0.5) is 0 Å². The fraction of sp³-hybridized carbons (Fsp3) is 0.667. The van der Waals surface area contributed by atoms with Gasteiger partial charge in [-0.2, -0.15) is 0 Å². The van der Waals surface area contributed by atoms with Crippen LogP contribution >= 0.6 is 0 Å². The van der Waals surface area contributed by atoms with Gasteiger partial charge in [0.1, 0.15) is 13.2 Å². The lowest BCUT2D eigenvalue weighted by Crippen LogP contribution is -2.30. The van der Waals surface area contributed by atoms with Crippen LogP contribution in [0.2, 0.25) is 0 Å². The topological polar surface area (TPSA) is 78.9 Å². The van der Waals surface area contributed by atoms with Gasteiger partial charge in [-0.1, -0.05) is 201 Å². The highest BCUT2D eigenvalue weighted by molar-refractivity contribution is 5.72. The van der Waals surface area contributed by atoms with E-state index in [2.05, 4.69) is 106 Å². The zero-order chi connectivity index (χ0) is 45.8. The summed E-state index contributed by atoms with van der Waals surface area (Å²) in [5, 5.41) is 0. The Morgan fingerprint density at radius 1 is 0.349 bits per heavy atom. The second kappa shape index (κ2) is 51.0. The van der Waals surface area contributed by atoms with Crippen molar-refractivity contribution < 1.29 is 28.6 Å². The predicted molar refractivity (Wildman–Crippen MR) is 270 cm³/mol. The minimum absolute atomic E-state index is 0.0914. The van der Waals surface area contributed by atoms with Crippen LogP contribution in [-0.2, 0) is 28.6 Å². The SMILES string of the molecule is CC/C=C\C/C=C\C/C=C\C/C=C\C/C=C\CC(=O)OC(COC(=O)CCCCCCC/C=C\CCCCC)COC(=O)CCCCCCCCC/C=C\C/C=C\CCCCCC. The molecule has 1 atom stereocenters. The number of hydrogen-bond donors (Lipinski definition) is 0. The van der Waals surface area contributed by atoms with Gasteiger partial charge >= 0.3 is 17.9 Å². The molecule has 0 aliphatic rings. The molecule has 0 rings (SSSR count). The molecule has 0 aliphatic carbocycles. The van der Waals surface area contributed by atoms with Crippen LogP contribution in [0.15, 0.2) is 97.2 Å². The number of unbranched alkanes of at least 4 members (excludes halogenated alkanes) is 19. The third-order valence-corrected chi connectivity index (χ3v) is 10.6. The second-order valence-electron chi connectivity index (χ2n) is 16.7. The molecule has 0 aromatic heterocycles. The van der Waals surface area contributed by atoms with Crippen LogP contribution in [0.1, 0.15) is 226 Å². The van der Waals surface area contributed by atoms with E-state index < -0.39 is 12.1 Å². The molecule has 0 radical (unpaired) electrons. The summed E-state index contributed by atoms with van der Waals surface area (Å²) in [5.41, 5.74) is 0. The highest BCUT2D eigenvalue weighted by atomic mass is 16.6. The Balaban J connectivity index is 4.51. The molecule has 0 bridgehead atoms. The smallest absolute Gasteiger partial charge is 0.310 e. The van der Waals surface area contributed by atoms with Crippen LogP contribution in [0.5, 0.6) is 0 Å². The zero-order valence-electron chi connectivity index (χ0n) is 40.8. The summed E-state index contributed by atoms with van der Waals surface area (Å²) in [6.07, 6.45) is 67.0. The number of ether oxygens (including phenoxy) is 3. The van der Waals surface area contributed by atoms with E-state index >= 15 is 0 Å². The molecule has 358 valence electrons. The molecule has 0 saturated carbocycles. The van der Waals surface area contributed by atoms with Crippen LogP contribution in [-0.4, -0.2) is 37.2 Å². The molecule has 6 nitrogen and oxygen atoms in total. The Morgan fingerprint density at radius 3 is 1.10 bits per heavy atom. The van der Waals surface area contributed by atoms with Crippen LogP contribution in [0.25, 0.3) is 0 Å². The lowest BCUT2D eigenvalue weighted by Gasteiger charge is -2.18. The van der Waals surface area contributed by atoms with Gasteiger partial charge < -0.3 is 14.2 Å². The molecule has 0 saturated heterocycles. The maximum atomic E-state index is 12.7. The van der Waals surface area contributed by atoms with E-state index in [1.807, 2.05) is 6.08 Å². The Hall–Kier alpha value is -3.67. The molecule has 63 heavy (non-hydrogen) atoms. The van der Waals surface area contributed by atoms with Crippen LogP contribution in [0.3, 0.4) is 0 Å². The summed E-state index contributed by atoms with van der Waals surface area (Å²) in [6, 6.07) is 0. The van der Waals surface area contributed by atoms with Gasteiger partial charge in [0.15, 0.2) is 6.10 Å². The number of hydrogen-bond acceptors (Lipinski definition) is 6. The highest BCUT2D eigenvalue weighted by Gasteiger charge is 2.19. The first-order chi connectivity index (χ1) is 31.0. The molecule has 1 unspecified atom stereocenters.